The van der Waals surface area contributed by atoms with E-state index in [0.29, 0.717) is 17.4 Å². The van der Waals surface area contributed by atoms with Crippen LogP contribution in [0, 0.1) is 0 Å². The molecule has 1 aliphatic rings. The summed E-state index contributed by atoms with van der Waals surface area (Å²) in [4.78, 5) is 20.7. The van der Waals surface area contributed by atoms with Crippen LogP contribution < -0.4 is 11.3 Å². The minimum absolute atomic E-state index is 0.0281. The van der Waals surface area contributed by atoms with Gasteiger partial charge in [-0.05, 0) is 25.6 Å². The minimum atomic E-state index is -0.0281. The van der Waals surface area contributed by atoms with Gasteiger partial charge in [0.15, 0.2) is 0 Å². The van der Waals surface area contributed by atoms with Crippen molar-refractivity contribution in [2.24, 2.45) is 5.84 Å². The molecule has 1 atom stereocenters. The molecule has 1 saturated heterocycles. The Morgan fingerprint density at radius 2 is 2.37 bits per heavy atom. The van der Waals surface area contributed by atoms with Gasteiger partial charge < -0.3 is 10.3 Å². The Labute approximate surface area is 113 Å². The normalized spacial score (nSPS) is 20.4. The van der Waals surface area contributed by atoms with Crippen LogP contribution in [0.25, 0.3) is 0 Å². The van der Waals surface area contributed by atoms with Gasteiger partial charge in [0.1, 0.15) is 5.69 Å². The highest BCUT2D eigenvalue weighted by Gasteiger charge is 2.26. The minimum Gasteiger partial charge on any atom is -0.334 e. The summed E-state index contributed by atoms with van der Waals surface area (Å²) in [6.07, 6.45) is 1.59. The van der Waals surface area contributed by atoms with Crippen molar-refractivity contribution in [1.82, 2.24) is 14.8 Å². The van der Waals surface area contributed by atoms with Crippen LogP contribution in [0.1, 0.15) is 24.3 Å². The number of carbonyl (C=O) groups is 1. The van der Waals surface area contributed by atoms with Gasteiger partial charge in [-0.15, -0.1) is 0 Å². The molecule has 1 aliphatic heterocycles. The number of nitrogen functional groups attached to an aromatic ring is 1. The smallest absolute Gasteiger partial charge is 0.272 e. The molecule has 1 aromatic rings. The molecule has 0 aliphatic carbocycles. The first-order chi connectivity index (χ1) is 9.15. The van der Waals surface area contributed by atoms with Gasteiger partial charge in [-0.2, -0.15) is 0 Å². The highest BCUT2D eigenvalue weighted by Crippen LogP contribution is 2.13. The van der Waals surface area contributed by atoms with Crippen molar-refractivity contribution in [1.29, 1.82) is 0 Å². The monoisotopic (exact) mass is 263 g/mol. The molecule has 0 saturated carbocycles. The summed E-state index contributed by atoms with van der Waals surface area (Å²) >= 11 is 0. The lowest BCUT2D eigenvalue weighted by Gasteiger charge is -2.39. The van der Waals surface area contributed by atoms with E-state index in [9.17, 15) is 4.79 Å². The zero-order valence-corrected chi connectivity index (χ0v) is 11.5. The van der Waals surface area contributed by atoms with Gasteiger partial charge >= 0.3 is 0 Å². The number of hydrogen-bond acceptors (Lipinski definition) is 5. The number of amides is 1. The Kier molecular flexibility index (Phi) is 4.34. The lowest BCUT2D eigenvalue weighted by Crippen LogP contribution is -2.53. The van der Waals surface area contributed by atoms with E-state index in [2.05, 4.69) is 29.2 Å². The van der Waals surface area contributed by atoms with Gasteiger partial charge in [-0.1, -0.05) is 6.92 Å². The van der Waals surface area contributed by atoms with Crippen molar-refractivity contribution in [2.75, 3.05) is 31.6 Å². The molecule has 0 bridgehead atoms. The molecule has 2 heterocycles. The fourth-order valence-corrected chi connectivity index (χ4v) is 2.45. The topological polar surface area (TPSA) is 74.5 Å². The van der Waals surface area contributed by atoms with Gasteiger partial charge in [0.05, 0.1) is 5.69 Å². The number of hydrogen-bond donors (Lipinski definition) is 2. The highest BCUT2D eigenvalue weighted by molar-refractivity contribution is 5.93. The summed E-state index contributed by atoms with van der Waals surface area (Å²) in [6, 6.07) is 3.80. The molecule has 1 fully saturated rings. The molecule has 3 N–H and O–H groups in total. The van der Waals surface area contributed by atoms with Gasteiger partial charge in [-0.25, -0.2) is 0 Å². The van der Waals surface area contributed by atoms with E-state index >= 15 is 0 Å². The van der Waals surface area contributed by atoms with E-state index in [1.807, 2.05) is 4.90 Å². The van der Waals surface area contributed by atoms with Crippen LogP contribution in [0.15, 0.2) is 18.3 Å². The lowest BCUT2D eigenvalue weighted by molar-refractivity contribution is 0.0523. The van der Waals surface area contributed by atoms with Gasteiger partial charge in [-0.3, -0.25) is 20.5 Å². The number of rotatable bonds is 3. The van der Waals surface area contributed by atoms with Gasteiger partial charge in [0.2, 0.25) is 0 Å². The number of nitrogens with one attached hydrogen (secondary N) is 1. The fraction of sp³-hybridized carbons (Fsp3) is 0.538. The lowest BCUT2D eigenvalue weighted by atomic mass is 10.1. The second-order valence-corrected chi connectivity index (χ2v) is 4.80. The molecule has 6 heteroatoms. The third-order valence-corrected chi connectivity index (χ3v) is 3.60. The Bertz CT molecular complexity index is 450. The average Bonchev–Trinajstić information content (AvgIpc) is 2.46. The predicted octanol–water partition coefficient (Wildman–Crippen LogP) is 0.533. The SMILES string of the molecule is CCN1CCN(C(=O)c2cc(NN)ccn2)CC1C. The van der Waals surface area contributed by atoms with Crippen LogP contribution in [-0.4, -0.2) is 52.9 Å². The Hall–Kier alpha value is -1.66. The maximum absolute atomic E-state index is 12.4. The van der Waals surface area contributed by atoms with Gasteiger partial charge in [0.25, 0.3) is 5.91 Å². The predicted molar refractivity (Wildman–Crippen MR) is 74.7 cm³/mol. The van der Waals surface area contributed by atoms with Crippen molar-refractivity contribution in [3.8, 4) is 0 Å². The molecule has 1 unspecified atom stereocenters. The molecule has 0 radical (unpaired) electrons. The third kappa shape index (κ3) is 3.02. The van der Waals surface area contributed by atoms with Crippen LogP contribution in [0.4, 0.5) is 5.69 Å². The van der Waals surface area contributed by atoms with Crippen LogP contribution in [-0.2, 0) is 0 Å². The molecule has 19 heavy (non-hydrogen) atoms. The van der Waals surface area contributed by atoms with Crippen molar-refractivity contribution >= 4 is 11.6 Å². The standard InChI is InChI=1S/C13H21N5O/c1-3-17-6-7-18(9-10(17)2)13(19)12-8-11(16-14)4-5-15-12/h4-5,8,10H,3,6-7,9,14H2,1-2H3,(H,15,16). The van der Waals surface area contributed by atoms with Crippen LogP contribution in [0.3, 0.4) is 0 Å². The van der Waals surface area contributed by atoms with Crippen molar-refractivity contribution in [3.05, 3.63) is 24.0 Å². The van der Waals surface area contributed by atoms with E-state index in [1.165, 1.54) is 0 Å². The number of likely N-dealkylation sites (N-methyl/N-ethyl adjacent to an activating group) is 1. The molecule has 6 nitrogen and oxygen atoms in total. The second kappa shape index (κ2) is 5.99. The zero-order chi connectivity index (χ0) is 13.8. The van der Waals surface area contributed by atoms with Crippen LogP contribution in [0.2, 0.25) is 0 Å². The molecule has 0 spiro atoms. The summed E-state index contributed by atoms with van der Waals surface area (Å²) in [5.74, 6) is 5.32. The molecule has 104 valence electrons. The molecule has 2 rings (SSSR count). The fourth-order valence-electron chi connectivity index (χ4n) is 2.45. The van der Waals surface area contributed by atoms with Crippen molar-refractivity contribution < 1.29 is 4.79 Å². The Balaban J connectivity index is 2.07. The van der Waals surface area contributed by atoms with Crippen LogP contribution in [0.5, 0.6) is 0 Å². The van der Waals surface area contributed by atoms with Crippen molar-refractivity contribution in [2.45, 2.75) is 19.9 Å². The number of hydrazine groups is 1. The maximum Gasteiger partial charge on any atom is 0.272 e. The second-order valence-electron chi connectivity index (χ2n) is 4.80. The zero-order valence-electron chi connectivity index (χ0n) is 11.5. The van der Waals surface area contributed by atoms with E-state index in [1.54, 1.807) is 18.3 Å². The molecular formula is C13H21N5O. The maximum atomic E-state index is 12.4. The van der Waals surface area contributed by atoms with E-state index < -0.39 is 0 Å². The van der Waals surface area contributed by atoms with Gasteiger partial charge in [0, 0.05) is 31.9 Å². The highest BCUT2D eigenvalue weighted by atomic mass is 16.2. The van der Waals surface area contributed by atoms with E-state index in [4.69, 9.17) is 5.84 Å². The summed E-state index contributed by atoms with van der Waals surface area (Å²) < 4.78 is 0. The number of carbonyl (C=O) groups excluding carboxylic acids is 1. The molecule has 0 aromatic carbocycles. The summed E-state index contributed by atoms with van der Waals surface area (Å²) in [5.41, 5.74) is 3.66. The largest absolute Gasteiger partial charge is 0.334 e. The van der Waals surface area contributed by atoms with E-state index in [0.717, 1.165) is 26.2 Å². The number of nitrogens with zero attached hydrogens (tertiary/aromatic N) is 3. The number of anilines is 1. The van der Waals surface area contributed by atoms with Crippen LogP contribution >= 0.6 is 0 Å². The summed E-state index contributed by atoms with van der Waals surface area (Å²) in [6.45, 7) is 7.72. The number of pyridine rings is 1. The summed E-state index contributed by atoms with van der Waals surface area (Å²) in [5, 5.41) is 0. The first kappa shape index (κ1) is 13.8. The number of piperazine rings is 1. The third-order valence-electron chi connectivity index (χ3n) is 3.60. The van der Waals surface area contributed by atoms with Crippen molar-refractivity contribution in [3.63, 3.8) is 0 Å². The number of aromatic nitrogens is 1. The Morgan fingerprint density at radius 3 is 3.00 bits per heavy atom. The summed E-state index contributed by atoms with van der Waals surface area (Å²) in [7, 11) is 0. The quantitative estimate of drug-likeness (QED) is 0.615. The average molecular weight is 263 g/mol. The molecular weight excluding hydrogens is 242 g/mol. The molecule has 1 amide bonds. The first-order valence-electron chi connectivity index (χ1n) is 6.61. The van der Waals surface area contributed by atoms with E-state index in [-0.39, 0.29) is 5.91 Å². The molecule has 1 aromatic heterocycles. The first-order valence-corrected chi connectivity index (χ1v) is 6.61. The Morgan fingerprint density at radius 1 is 1.58 bits per heavy atom. The number of nitrogens with two attached hydrogens (primary N) is 1.